The number of nitrogens with zero attached hydrogens (tertiary/aromatic N) is 2. The number of ether oxygens (including phenoxy) is 1. The van der Waals surface area contributed by atoms with E-state index in [1.54, 1.807) is 6.07 Å². The minimum Gasteiger partial charge on any atom is -0.469 e. The lowest BCUT2D eigenvalue weighted by Crippen LogP contribution is -2.48. The van der Waals surface area contributed by atoms with Gasteiger partial charge in [-0.3, -0.25) is 24.6 Å². The van der Waals surface area contributed by atoms with E-state index in [1.807, 2.05) is 4.90 Å². The summed E-state index contributed by atoms with van der Waals surface area (Å²) < 4.78 is 4.70. The van der Waals surface area contributed by atoms with Crippen molar-refractivity contribution in [2.45, 2.75) is 32.2 Å². The molecule has 0 aliphatic carbocycles. The molecule has 1 aromatic carbocycles. The highest BCUT2D eigenvalue weighted by atomic mass is 16.6. The maximum absolute atomic E-state index is 12.7. The molecule has 1 saturated heterocycles. The Kier molecular flexibility index (Phi) is 6.46. The molecule has 0 aromatic heterocycles. The summed E-state index contributed by atoms with van der Waals surface area (Å²) >= 11 is 0. The summed E-state index contributed by atoms with van der Waals surface area (Å²) in [4.78, 5) is 37.0. The number of hydrogen-bond donors (Lipinski definition) is 1. The smallest absolute Gasteiger partial charge is 0.307 e. The van der Waals surface area contributed by atoms with E-state index in [9.17, 15) is 19.7 Å². The van der Waals surface area contributed by atoms with Crippen molar-refractivity contribution in [2.24, 2.45) is 5.92 Å². The summed E-state index contributed by atoms with van der Waals surface area (Å²) in [5.74, 6) is -0.344. The number of hydrogen-bond acceptors (Lipinski definition) is 6. The molecule has 25 heavy (non-hydrogen) atoms. The lowest BCUT2D eigenvalue weighted by molar-refractivity contribution is -0.383. The number of carbonyl (C=O) groups excluding carboxylic acids is 2. The van der Waals surface area contributed by atoms with Crippen LogP contribution in [0.25, 0.3) is 0 Å². The fraction of sp³-hybridized carbons (Fsp3) is 0.529. The second-order valence-electron chi connectivity index (χ2n) is 6.28. The third kappa shape index (κ3) is 4.99. The first-order valence-corrected chi connectivity index (χ1v) is 8.27. The minimum atomic E-state index is -0.709. The van der Waals surface area contributed by atoms with Crippen molar-refractivity contribution in [1.29, 1.82) is 0 Å². The summed E-state index contributed by atoms with van der Waals surface area (Å²) in [6.07, 6.45) is 1.80. The lowest BCUT2D eigenvalue weighted by Gasteiger charge is -2.35. The number of amides is 1. The van der Waals surface area contributed by atoms with Crippen molar-refractivity contribution in [3.63, 3.8) is 0 Å². The van der Waals surface area contributed by atoms with Crippen molar-refractivity contribution in [1.82, 2.24) is 4.90 Å². The molecule has 0 radical (unpaired) electrons. The van der Waals surface area contributed by atoms with E-state index in [1.165, 1.54) is 25.3 Å². The number of nitro groups is 1. The maximum Gasteiger partial charge on any atom is 0.307 e. The SMILES string of the molecule is COC(=O)C[C@@H](C(=O)Nc1ccccc1[N+](=O)[O-])N1CCC(C)CC1. The Morgan fingerprint density at radius 3 is 2.60 bits per heavy atom. The number of methoxy groups -OCH3 is 1. The van der Waals surface area contributed by atoms with Crippen LogP contribution in [0, 0.1) is 16.0 Å². The van der Waals surface area contributed by atoms with Gasteiger partial charge in [-0.25, -0.2) is 0 Å². The number of anilines is 1. The maximum atomic E-state index is 12.7. The van der Waals surface area contributed by atoms with E-state index < -0.39 is 22.8 Å². The molecule has 0 spiro atoms. The standard InChI is InChI=1S/C17H23N3O5/c1-12-7-9-19(10-8-12)15(11-16(21)25-2)17(22)18-13-5-3-4-6-14(13)20(23)24/h3-6,12,15H,7-11H2,1-2H3,(H,18,22)/t15-/m0/s1. The van der Waals surface area contributed by atoms with Crippen LogP contribution < -0.4 is 5.32 Å². The second kappa shape index (κ2) is 8.57. The quantitative estimate of drug-likeness (QED) is 0.480. The predicted molar refractivity (Wildman–Crippen MR) is 92.1 cm³/mol. The van der Waals surface area contributed by atoms with Crippen LogP contribution in [0.3, 0.4) is 0 Å². The third-order valence-electron chi connectivity index (χ3n) is 4.51. The van der Waals surface area contributed by atoms with Crippen LogP contribution in [0.15, 0.2) is 24.3 Å². The van der Waals surface area contributed by atoms with Gasteiger partial charge in [0.15, 0.2) is 0 Å². The molecule has 0 bridgehead atoms. The van der Waals surface area contributed by atoms with Gasteiger partial charge in [0.05, 0.1) is 18.5 Å². The number of rotatable bonds is 6. The molecule has 1 N–H and O–H groups in total. The zero-order valence-corrected chi connectivity index (χ0v) is 14.4. The van der Waals surface area contributed by atoms with E-state index >= 15 is 0 Å². The lowest BCUT2D eigenvalue weighted by atomic mass is 9.97. The first-order chi connectivity index (χ1) is 11.9. The van der Waals surface area contributed by atoms with Gasteiger partial charge < -0.3 is 10.1 Å². The highest BCUT2D eigenvalue weighted by molar-refractivity contribution is 5.98. The van der Waals surface area contributed by atoms with Crippen LogP contribution in [-0.4, -0.2) is 47.9 Å². The molecule has 1 aliphatic rings. The Labute approximate surface area is 146 Å². The third-order valence-corrected chi connectivity index (χ3v) is 4.51. The molecular formula is C17H23N3O5. The molecule has 1 heterocycles. The van der Waals surface area contributed by atoms with Gasteiger partial charge in [0.25, 0.3) is 5.69 Å². The number of benzene rings is 1. The number of nitrogens with one attached hydrogen (secondary N) is 1. The number of esters is 1. The molecule has 0 unspecified atom stereocenters. The van der Waals surface area contributed by atoms with E-state index in [0.717, 1.165) is 12.8 Å². The Morgan fingerprint density at radius 2 is 2.00 bits per heavy atom. The number of nitro benzene ring substituents is 1. The second-order valence-corrected chi connectivity index (χ2v) is 6.28. The summed E-state index contributed by atoms with van der Waals surface area (Å²) in [5.41, 5.74) is -0.0577. The number of para-hydroxylation sites is 2. The van der Waals surface area contributed by atoms with E-state index in [0.29, 0.717) is 19.0 Å². The fourth-order valence-corrected chi connectivity index (χ4v) is 2.92. The van der Waals surface area contributed by atoms with Gasteiger partial charge in [-0.1, -0.05) is 19.1 Å². The Balaban J connectivity index is 2.17. The minimum absolute atomic E-state index is 0.0860. The number of likely N-dealkylation sites (tertiary alicyclic amines) is 1. The molecular weight excluding hydrogens is 326 g/mol. The normalized spacial score (nSPS) is 16.9. The Bertz CT molecular complexity index is 641. The van der Waals surface area contributed by atoms with Crippen molar-refractivity contribution in [3.8, 4) is 0 Å². The molecule has 2 rings (SSSR count). The van der Waals surface area contributed by atoms with Gasteiger partial charge in [0, 0.05) is 6.07 Å². The van der Waals surface area contributed by atoms with E-state index in [4.69, 9.17) is 4.74 Å². The van der Waals surface area contributed by atoms with Crippen LogP contribution in [-0.2, 0) is 14.3 Å². The molecule has 1 aliphatic heterocycles. The average molecular weight is 349 g/mol. The number of piperidine rings is 1. The number of carbonyl (C=O) groups is 2. The van der Waals surface area contributed by atoms with Gasteiger partial charge in [-0.2, -0.15) is 0 Å². The molecule has 1 amide bonds. The summed E-state index contributed by atoms with van der Waals surface area (Å²) in [6.45, 7) is 3.56. The van der Waals surface area contributed by atoms with Gasteiger partial charge in [-0.05, 0) is 37.9 Å². The predicted octanol–water partition coefficient (Wildman–Crippen LogP) is 2.20. The van der Waals surface area contributed by atoms with E-state index in [-0.39, 0.29) is 17.8 Å². The van der Waals surface area contributed by atoms with Gasteiger partial charge in [-0.15, -0.1) is 0 Å². The van der Waals surface area contributed by atoms with Gasteiger partial charge >= 0.3 is 5.97 Å². The largest absolute Gasteiger partial charge is 0.469 e. The average Bonchev–Trinajstić information content (AvgIpc) is 2.60. The molecule has 0 saturated carbocycles. The molecule has 1 atom stereocenters. The molecule has 1 fully saturated rings. The Morgan fingerprint density at radius 1 is 1.36 bits per heavy atom. The van der Waals surface area contributed by atoms with Gasteiger partial charge in [0.1, 0.15) is 11.7 Å². The van der Waals surface area contributed by atoms with Crippen LogP contribution in [0.5, 0.6) is 0 Å². The summed E-state index contributed by atoms with van der Waals surface area (Å²) in [5, 5.41) is 13.7. The van der Waals surface area contributed by atoms with Crippen molar-refractivity contribution < 1.29 is 19.2 Å². The highest BCUT2D eigenvalue weighted by Gasteiger charge is 2.32. The molecule has 1 aromatic rings. The first-order valence-electron chi connectivity index (χ1n) is 8.27. The molecule has 8 heteroatoms. The molecule has 136 valence electrons. The highest BCUT2D eigenvalue weighted by Crippen LogP contribution is 2.25. The van der Waals surface area contributed by atoms with Crippen molar-refractivity contribution >= 4 is 23.3 Å². The van der Waals surface area contributed by atoms with E-state index in [2.05, 4.69) is 12.2 Å². The zero-order chi connectivity index (χ0) is 18.4. The van der Waals surface area contributed by atoms with Crippen LogP contribution >= 0.6 is 0 Å². The summed E-state index contributed by atoms with van der Waals surface area (Å²) in [6, 6.07) is 5.24. The van der Waals surface area contributed by atoms with Crippen LogP contribution in [0.4, 0.5) is 11.4 Å². The molecule has 8 nitrogen and oxygen atoms in total. The Hall–Kier alpha value is -2.48. The van der Waals surface area contributed by atoms with Crippen molar-refractivity contribution in [3.05, 3.63) is 34.4 Å². The zero-order valence-electron chi connectivity index (χ0n) is 14.4. The van der Waals surface area contributed by atoms with Crippen LogP contribution in [0.2, 0.25) is 0 Å². The first kappa shape index (κ1) is 18.9. The van der Waals surface area contributed by atoms with Gasteiger partial charge in [0.2, 0.25) is 5.91 Å². The summed E-state index contributed by atoms with van der Waals surface area (Å²) in [7, 11) is 1.28. The topological polar surface area (TPSA) is 102 Å². The fourth-order valence-electron chi connectivity index (χ4n) is 2.92. The van der Waals surface area contributed by atoms with Crippen LogP contribution in [0.1, 0.15) is 26.2 Å². The van der Waals surface area contributed by atoms with Crippen molar-refractivity contribution in [2.75, 3.05) is 25.5 Å². The monoisotopic (exact) mass is 349 g/mol.